The summed E-state index contributed by atoms with van der Waals surface area (Å²) in [6.45, 7) is 1.69. The molecule has 0 aliphatic heterocycles. The molecule has 0 saturated heterocycles. The number of carbonyl (C=O) groups excluding carboxylic acids is 1. The topological polar surface area (TPSA) is 89.3 Å². The fraction of sp³-hybridized carbons (Fsp3) is 0.417. The Labute approximate surface area is 118 Å². The average molecular weight is 302 g/mol. The molecule has 1 amide bonds. The Morgan fingerprint density at radius 3 is 2.75 bits per heavy atom. The van der Waals surface area contributed by atoms with Crippen molar-refractivity contribution in [3.05, 3.63) is 39.7 Å². The third-order valence-corrected chi connectivity index (χ3v) is 3.43. The second-order valence-electron chi connectivity index (χ2n) is 4.36. The Morgan fingerprint density at radius 2 is 2.20 bits per heavy atom. The Bertz CT molecular complexity index is 550. The van der Waals surface area contributed by atoms with Crippen LogP contribution in [0.5, 0.6) is 0 Å². The highest BCUT2D eigenvalue weighted by Gasteiger charge is 2.21. The standard InChI is InChI=1S/C12H15FN2O4S/c1-8(5-6-20(2)19)14-12(16)10-7-9(13)3-4-11(10)15(17)18/h3-4,7-8H,5-6H2,1-2H3,(H,14,16). The summed E-state index contributed by atoms with van der Waals surface area (Å²) in [5, 5.41) is 13.3. The molecule has 2 unspecified atom stereocenters. The zero-order valence-electron chi connectivity index (χ0n) is 11.1. The van der Waals surface area contributed by atoms with Crippen LogP contribution in [0, 0.1) is 15.9 Å². The summed E-state index contributed by atoms with van der Waals surface area (Å²) in [6.07, 6.45) is 2.02. The summed E-state index contributed by atoms with van der Waals surface area (Å²) in [6, 6.07) is 2.40. The van der Waals surface area contributed by atoms with E-state index in [1.54, 1.807) is 13.2 Å². The highest BCUT2D eigenvalue weighted by molar-refractivity contribution is 7.84. The molecule has 0 aliphatic carbocycles. The first kappa shape index (κ1) is 16.2. The van der Waals surface area contributed by atoms with Crippen LogP contribution >= 0.6 is 0 Å². The van der Waals surface area contributed by atoms with Gasteiger partial charge in [-0.05, 0) is 25.5 Å². The largest absolute Gasteiger partial charge is 0.349 e. The molecule has 1 aromatic rings. The van der Waals surface area contributed by atoms with E-state index in [2.05, 4.69) is 5.32 Å². The lowest BCUT2D eigenvalue weighted by molar-refractivity contribution is -0.385. The Kier molecular flexibility index (Phi) is 5.75. The SMILES string of the molecule is CC(CCS(C)=O)NC(=O)c1cc(F)ccc1[N+](=O)[O-]. The van der Waals surface area contributed by atoms with Crippen molar-refractivity contribution < 1.29 is 18.3 Å². The Morgan fingerprint density at radius 1 is 1.55 bits per heavy atom. The van der Waals surface area contributed by atoms with Crippen molar-refractivity contribution >= 4 is 22.4 Å². The lowest BCUT2D eigenvalue weighted by atomic mass is 10.1. The molecule has 0 saturated carbocycles. The molecule has 0 aliphatic rings. The van der Waals surface area contributed by atoms with Gasteiger partial charge in [-0.3, -0.25) is 19.1 Å². The summed E-state index contributed by atoms with van der Waals surface area (Å²) in [4.78, 5) is 22.0. The van der Waals surface area contributed by atoms with Gasteiger partial charge in [-0.15, -0.1) is 0 Å². The monoisotopic (exact) mass is 302 g/mol. The highest BCUT2D eigenvalue weighted by Crippen LogP contribution is 2.19. The van der Waals surface area contributed by atoms with Gasteiger partial charge in [-0.1, -0.05) is 0 Å². The lowest BCUT2D eigenvalue weighted by Crippen LogP contribution is -2.34. The van der Waals surface area contributed by atoms with E-state index in [4.69, 9.17) is 0 Å². The molecule has 0 heterocycles. The second kappa shape index (κ2) is 7.09. The molecule has 110 valence electrons. The summed E-state index contributed by atoms with van der Waals surface area (Å²) in [5.74, 6) is -1.03. The van der Waals surface area contributed by atoms with Crippen LogP contribution in [0.1, 0.15) is 23.7 Å². The van der Waals surface area contributed by atoms with E-state index >= 15 is 0 Å². The molecular weight excluding hydrogens is 287 g/mol. The van der Waals surface area contributed by atoms with Crippen molar-refractivity contribution in [1.82, 2.24) is 5.32 Å². The minimum atomic E-state index is -0.980. The maximum absolute atomic E-state index is 13.1. The number of rotatable bonds is 6. The first-order valence-electron chi connectivity index (χ1n) is 5.86. The van der Waals surface area contributed by atoms with Crippen LogP contribution in [-0.2, 0) is 10.8 Å². The van der Waals surface area contributed by atoms with Gasteiger partial charge >= 0.3 is 0 Å². The van der Waals surface area contributed by atoms with Crippen molar-refractivity contribution in [2.24, 2.45) is 0 Å². The van der Waals surface area contributed by atoms with Crippen LogP contribution in [0.4, 0.5) is 10.1 Å². The minimum Gasteiger partial charge on any atom is -0.349 e. The molecule has 0 fully saturated rings. The van der Waals surface area contributed by atoms with Crippen molar-refractivity contribution in [2.45, 2.75) is 19.4 Å². The van der Waals surface area contributed by atoms with Crippen LogP contribution in [0.25, 0.3) is 0 Å². The molecule has 1 aromatic carbocycles. The van der Waals surface area contributed by atoms with Crippen LogP contribution in [-0.4, -0.2) is 33.1 Å². The summed E-state index contributed by atoms with van der Waals surface area (Å²) >= 11 is 0. The number of nitro benzene ring substituents is 1. The third kappa shape index (κ3) is 4.69. The van der Waals surface area contributed by atoms with Gasteiger partial charge in [-0.25, -0.2) is 4.39 Å². The van der Waals surface area contributed by atoms with Crippen molar-refractivity contribution in [2.75, 3.05) is 12.0 Å². The fourth-order valence-corrected chi connectivity index (χ4v) is 2.25. The maximum atomic E-state index is 13.1. The molecule has 1 rings (SSSR count). The predicted molar refractivity (Wildman–Crippen MR) is 73.5 cm³/mol. The number of benzene rings is 1. The Balaban J connectivity index is 2.84. The van der Waals surface area contributed by atoms with E-state index in [9.17, 15) is 23.5 Å². The number of hydrogen-bond acceptors (Lipinski definition) is 4. The Hall–Kier alpha value is -1.83. The van der Waals surface area contributed by atoms with Gasteiger partial charge in [0.2, 0.25) is 0 Å². The molecule has 1 N–H and O–H groups in total. The highest BCUT2D eigenvalue weighted by atomic mass is 32.2. The van der Waals surface area contributed by atoms with Crippen LogP contribution < -0.4 is 5.32 Å². The van der Waals surface area contributed by atoms with Gasteiger partial charge in [0, 0.05) is 34.9 Å². The summed E-state index contributed by atoms with van der Waals surface area (Å²) < 4.78 is 24.1. The van der Waals surface area contributed by atoms with Gasteiger partial charge in [0.05, 0.1) is 4.92 Å². The van der Waals surface area contributed by atoms with Crippen molar-refractivity contribution in [3.63, 3.8) is 0 Å². The maximum Gasteiger partial charge on any atom is 0.282 e. The quantitative estimate of drug-likeness (QED) is 0.638. The molecule has 0 aromatic heterocycles. The molecule has 0 bridgehead atoms. The second-order valence-corrected chi connectivity index (χ2v) is 5.91. The van der Waals surface area contributed by atoms with Crippen molar-refractivity contribution in [3.8, 4) is 0 Å². The third-order valence-electron chi connectivity index (χ3n) is 2.62. The van der Waals surface area contributed by atoms with Gasteiger partial charge in [0.1, 0.15) is 11.4 Å². The number of nitrogens with zero attached hydrogens (tertiary/aromatic N) is 1. The van der Waals surface area contributed by atoms with Gasteiger partial charge < -0.3 is 5.32 Å². The van der Waals surface area contributed by atoms with Crippen LogP contribution in [0.3, 0.4) is 0 Å². The van der Waals surface area contributed by atoms with E-state index in [0.29, 0.717) is 12.2 Å². The summed E-state index contributed by atoms with van der Waals surface area (Å²) in [7, 11) is -0.980. The number of amides is 1. The minimum absolute atomic E-state index is 0.311. The smallest absolute Gasteiger partial charge is 0.282 e. The van der Waals surface area contributed by atoms with Gasteiger partial charge in [-0.2, -0.15) is 0 Å². The number of halogens is 1. The van der Waals surface area contributed by atoms with Crippen LogP contribution in [0.2, 0.25) is 0 Å². The van der Waals surface area contributed by atoms with E-state index in [-0.39, 0.29) is 11.6 Å². The van der Waals surface area contributed by atoms with Crippen molar-refractivity contribution in [1.29, 1.82) is 0 Å². The lowest BCUT2D eigenvalue weighted by Gasteiger charge is -2.13. The fourth-order valence-electron chi connectivity index (χ4n) is 1.57. The molecule has 8 heteroatoms. The van der Waals surface area contributed by atoms with E-state index in [1.807, 2.05) is 0 Å². The first-order valence-corrected chi connectivity index (χ1v) is 7.58. The van der Waals surface area contributed by atoms with E-state index in [0.717, 1.165) is 18.2 Å². The van der Waals surface area contributed by atoms with E-state index < -0.39 is 33.1 Å². The average Bonchev–Trinajstić information content (AvgIpc) is 2.35. The molecule has 20 heavy (non-hydrogen) atoms. The molecule has 6 nitrogen and oxygen atoms in total. The molecule has 2 atom stereocenters. The zero-order valence-corrected chi connectivity index (χ0v) is 11.9. The number of nitrogens with one attached hydrogen (secondary N) is 1. The molecular formula is C12H15FN2O4S. The number of carbonyl (C=O) groups is 1. The summed E-state index contributed by atoms with van der Waals surface area (Å²) in [5.41, 5.74) is -0.769. The number of nitro groups is 1. The van der Waals surface area contributed by atoms with Gasteiger partial charge in [0.15, 0.2) is 0 Å². The molecule has 0 radical (unpaired) electrons. The normalized spacial score (nSPS) is 13.6. The molecule has 0 spiro atoms. The van der Waals surface area contributed by atoms with Crippen LogP contribution in [0.15, 0.2) is 18.2 Å². The first-order chi connectivity index (χ1) is 9.31. The predicted octanol–water partition coefficient (Wildman–Crippen LogP) is 1.62. The van der Waals surface area contributed by atoms with Gasteiger partial charge in [0.25, 0.3) is 11.6 Å². The van der Waals surface area contributed by atoms with E-state index in [1.165, 1.54) is 0 Å². The number of hydrogen-bond donors (Lipinski definition) is 1. The zero-order chi connectivity index (χ0) is 15.3.